The van der Waals surface area contributed by atoms with Crippen molar-refractivity contribution in [1.29, 1.82) is 0 Å². The van der Waals surface area contributed by atoms with Crippen LogP contribution in [0.2, 0.25) is 5.02 Å². The lowest BCUT2D eigenvalue weighted by Gasteiger charge is -2.09. The maximum absolute atomic E-state index is 13.3. The fraction of sp³-hybridized carbons (Fsp3) is 0.455. The summed E-state index contributed by atoms with van der Waals surface area (Å²) in [4.78, 5) is 0. The highest BCUT2D eigenvalue weighted by Gasteiger charge is 2.20. The number of halogens is 3. The Morgan fingerprint density at radius 3 is 2.67 bits per heavy atom. The highest BCUT2D eigenvalue weighted by atomic mass is 35.5. The van der Waals surface area contributed by atoms with E-state index in [0.29, 0.717) is 6.54 Å². The van der Waals surface area contributed by atoms with Crippen molar-refractivity contribution >= 4 is 17.3 Å². The van der Waals surface area contributed by atoms with E-state index >= 15 is 0 Å². The average Bonchev–Trinajstić information content (AvgIpc) is 2.93. The molecule has 4 heteroatoms. The molecule has 0 aromatic heterocycles. The zero-order valence-corrected chi connectivity index (χ0v) is 8.95. The van der Waals surface area contributed by atoms with E-state index < -0.39 is 11.6 Å². The molecule has 15 heavy (non-hydrogen) atoms. The van der Waals surface area contributed by atoms with Gasteiger partial charge >= 0.3 is 0 Å². The van der Waals surface area contributed by atoms with Gasteiger partial charge in [0, 0.05) is 12.6 Å². The molecule has 0 amide bonds. The van der Waals surface area contributed by atoms with E-state index in [4.69, 9.17) is 11.6 Å². The third-order valence-corrected chi connectivity index (χ3v) is 2.86. The van der Waals surface area contributed by atoms with Crippen LogP contribution in [0.15, 0.2) is 12.1 Å². The van der Waals surface area contributed by atoms with Crippen molar-refractivity contribution in [3.05, 3.63) is 28.8 Å². The summed E-state index contributed by atoms with van der Waals surface area (Å²) in [6.45, 7) is 0.687. The molecule has 0 spiro atoms. The van der Waals surface area contributed by atoms with Crippen molar-refractivity contribution in [3.63, 3.8) is 0 Å². The Bertz CT molecular complexity index is 341. The van der Waals surface area contributed by atoms with Gasteiger partial charge in [0.15, 0.2) is 5.82 Å². The number of benzene rings is 1. The minimum Gasteiger partial charge on any atom is -0.381 e. The molecule has 1 aromatic carbocycles. The van der Waals surface area contributed by atoms with Crippen LogP contribution < -0.4 is 5.32 Å². The summed E-state index contributed by atoms with van der Waals surface area (Å²) in [6.07, 6.45) is 3.55. The van der Waals surface area contributed by atoms with Crippen molar-refractivity contribution < 1.29 is 8.78 Å². The number of hydrogen-bond donors (Lipinski definition) is 1. The minimum atomic E-state index is -0.648. The van der Waals surface area contributed by atoms with E-state index in [0.717, 1.165) is 24.5 Å². The van der Waals surface area contributed by atoms with Crippen LogP contribution in [-0.4, -0.2) is 6.54 Å². The van der Waals surface area contributed by atoms with E-state index in [1.807, 2.05) is 0 Å². The van der Waals surface area contributed by atoms with Crippen LogP contribution in [0.3, 0.4) is 0 Å². The molecule has 0 radical (unpaired) electrons. The highest BCUT2D eigenvalue weighted by Crippen LogP contribution is 2.33. The Balaban J connectivity index is 1.99. The third kappa shape index (κ3) is 2.81. The Morgan fingerprint density at radius 1 is 1.33 bits per heavy atom. The summed E-state index contributed by atoms with van der Waals surface area (Å²) in [5.41, 5.74) is 0.207. The van der Waals surface area contributed by atoms with Crippen molar-refractivity contribution in [3.8, 4) is 0 Å². The monoisotopic (exact) mass is 231 g/mol. The normalized spacial score (nSPS) is 15.4. The minimum absolute atomic E-state index is 0.100. The number of hydrogen-bond acceptors (Lipinski definition) is 1. The lowest BCUT2D eigenvalue weighted by molar-refractivity contribution is 0.584. The van der Waals surface area contributed by atoms with Gasteiger partial charge in [0.05, 0.1) is 10.7 Å². The Morgan fingerprint density at radius 2 is 2.07 bits per heavy atom. The van der Waals surface area contributed by atoms with E-state index in [1.54, 1.807) is 0 Å². The van der Waals surface area contributed by atoms with Crippen LogP contribution in [0.1, 0.15) is 19.3 Å². The van der Waals surface area contributed by atoms with Gasteiger partial charge < -0.3 is 5.32 Å². The second-order valence-corrected chi connectivity index (χ2v) is 4.31. The molecule has 0 aliphatic heterocycles. The van der Waals surface area contributed by atoms with Gasteiger partial charge in [0.2, 0.25) is 0 Å². The predicted octanol–water partition coefficient (Wildman–Crippen LogP) is 3.83. The lowest BCUT2D eigenvalue weighted by Crippen LogP contribution is -2.05. The Kier molecular flexibility index (Phi) is 3.10. The Hall–Kier alpha value is -0.830. The summed E-state index contributed by atoms with van der Waals surface area (Å²) in [5.74, 6) is -0.499. The fourth-order valence-corrected chi connectivity index (χ4v) is 1.78. The van der Waals surface area contributed by atoms with E-state index in [1.165, 1.54) is 12.8 Å². The molecule has 82 valence electrons. The molecule has 0 bridgehead atoms. The van der Waals surface area contributed by atoms with Crippen molar-refractivity contribution in [1.82, 2.24) is 0 Å². The average molecular weight is 232 g/mol. The van der Waals surface area contributed by atoms with E-state index in [-0.39, 0.29) is 10.7 Å². The van der Waals surface area contributed by atoms with Crippen molar-refractivity contribution in [2.45, 2.75) is 19.3 Å². The molecule has 1 aliphatic rings. The zero-order valence-electron chi connectivity index (χ0n) is 8.19. The predicted molar refractivity (Wildman–Crippen MR) is 57.2 cm³/mol. The molecule has 1 N–H and O–H groups in total. The molecule has 1 aromatic rings. The van der Waals surface area contributed by atoms with E-state index in [9.17, 15) is 8.78 Å². The maximum atomic E-state index is 13.3. The second kappa shape index (κ2) is 4.35. The van der Waals surface area contributed by atoms with Gasteiger partial charge in [-0.15, -0.1) is 0 Å². The highest BCUT2D eigenvalue weighted by molar-refractivity contribution is 6.33. The molecular weight excluding hydrogens is 220 g/mol. The van der Waals surface area contributed by atoms with Gasteiger partial charge in [-0.25, -0.2) is 8.78 Å². The smallest absolute Gasteiger partial charge is 0.150 e. The molecule has 0 saturated heterocycles. The molecular formula is C11H12ClF2N. The first-order chi connectivity index (χ1) is 7.16. The number of rotatable bonds is 4. The molecule has 2 rings (SSSR count). The van der Waals surface area contributed by atoms with Gasteiger partial charge in [-0.1, -0.05) is 24.4 Å². The van der Waals surface area contributed by atoms with E-state index in [2.05, 4.69) is 5.32 Å². The van der Waals surface area contributed by atoms with Gasteiger partial charge in [-0.2, -0.15) is 0 Å². The maximum Gasteiger partial charge on any atom is 0.150 e. The molecule has 0 heterocycles. The van der Waals surface area contributed by atoms with Gasteiger partial charge in [0.25, 0.3) is 0 Å². The molecule has 0 unspecified atom stereocenters. The quantitative estimate of drug-likeness (QED) is 0.831. The summed E-state index contributed by atoms with van der Waals surface area (Å²) in [6, 6.07) is 1.95. The molecule has 1 fully saturated rings. The van der Waals surface area contributed by atoms with Crippen LogP contribution in [0, 0.1) is 17.6 Å². The molecule has 1 nitrogen and oxygen atoms in total. The van der Waals surface area contributed by atoms with Gasteiger partial charge in [-0.05, 0) is 18.4 Å². The molecule has 1 aliphatic carbocycles. The summed E-state index contributed by atoms with van der Waals surface area (Å²) < 4.78 is 26.0. The summed E-state index contributed by atoms with van der Waals surface area (Å²) >= 11 is 5.72. The number of anilines is 1. The molecule has 1 saturated carbocycles. The first kappa shape index (κ1) is 10.7. The SMILES string of the molecule is Fc1cc(F)c(NCCC2CC2)c(Cl)c1. The van der Waals surface area contributed by atoms with Crippen molar-refractivity contribution in [2.24, 2.45) is 5.92 Å². The van der Waals surface area contributed by atoms with Gasteiger partial charge in [0.1, 0.15) is 5.82 Å². The van der Waals surface area contributed by atoms with Gasteiger partial charge in [-0.3, -0.25) is 0 Å². The first-order valence-corrected chi connectivity index (χ1v) is 5.43. The lowest BCUT2D eigenvalue weighted by atomic mass is 10.2. The van der Waals surface area contributed by atoms with Crippen LogP contribution in [0.4, 0.5) is 14.5 Å². The zero-order chi connectivity index (χ0) is 10.8. The fourth-order valence-electron chi connectivity index (χ4n) is 1.52. The number of nitrogens with one attached hydrogen (secondary N) is 1. The standard InChI is InChI=1S/C11H12ClF2N/c12-9-5-8(13)6-10(14)11(9)15-4-3-7-1-2-7/h5-7,15H,1-4H2. The second-order valence-electron chi connectivity index (χ2n) is 3.90. The van der Waals surface area contributed by atoms with Crippen LogP contribution in [-0.2, 0) is 0 Å². The third-order valence-electron chi connectivity index (χ3n) is 2.56. The first-order valence-electron chi connectivity index (χ1n) is 5.05. The summed E-state index contributed by atoms with van der Waals surface area (Å²) in [5, 5.41) is 3.01. The van der Waals surface area contributed by atoms with Crippen LogP contribution in [0.5, 0.6) is 0 Å². The molecule has 0 atom stereocenters. The van der Waals surface area contributed by atoms with Crippen LogP contribution in [0.25, 0.3) is 0 Å². The van der Waals surface area contributed by atoms with Crippen molar-refractivity contribution in [2.75, 3.05) is 11.9 Å². The summed E-state index contributed by atoms with van der Waals surface area (Å²) in [7, 11) is 0. The largest absolute Gasteiger partial charge is 0.381 e. The van der Waals surface area contributed by atoms with Crippen LogP contribution >= 0.6 is 11.6 Å². The Labute approximate surface area is 92.4 Å². The topological polar surface area (TPSA) is 12.0 Å².